The Morgan fingerprint density at radius 2 is 2.00 bits per heavy atom. The first-order chi connectivity index (χ1) is 10.2. The van der Waals surface area contributed by atoms with Gasteiger partial charge in [-0.1, -0.05) is 29.8 Å². The number of benzene rings is 2. The number of hydrazone groups is 1. The van der Waals surface area contributed by atoms with Crippen LogP contribution >= 0.6 is 11.6 Å². The molecule has 2 aromatic carbocycles. The average molecular weight is 298 g/mol. The van der Waals surface area contributed by atoms with Gasteiger partial charge in [0, 0.05) is 22.2 Å². The van der Waals surface area contributed by atoms with Crippen molar-refractivity contribution >= 4 is 34.4 Å². The fourth-order valence-electron chi connectivity index (χ4n) is 1.99. The van der Waals surface area contributed by atoms with Crippen LogP contribution < -0.4 is 5.43 Å². The van der Waals surface area contributed by atoms with Gasteiger partial charge < -0.3 is 5.11 Å². The standard InChI is InChI=1S/C16H12ClN3O/c17-13-6-7-15(21)12(9-13)10-19-20-14-5-1-3-11-4-2-8-18-16(11)14/h1-10,20-21H/b19-10-. The third kappa shape index (κ3) is 2.95. The molecule has 104 valence electrons. The van der Waals surface area contributed by atoms with Crippen LogP contribution in [0.1, 0.15) is 5.56 Å². The van der Waals surface area contributed by atoms with Crippen molar-refractivity contribution in [3.63, 3.8) is 0 Å². The van der Waals surface area contributed by atoms with Crippen molar-refractivity contribution in [1.29, 1.82) is 0 Å². The summed E-state index contributed by atoms with van der Waals surface area (Å²) in [6.45, 7) is 0. The van der Waals surface area contributed by atoms with E-state index in [0.717, 1.165) is 16.6 Å². The monoisotopic (exact) mass is 297 g/mol. The highest BCUT2D eigenvalue weighted by atomic mass is 35.5. The molecule has 0 saturated heterocycles. The summed E-state index contributed by atoms with van der Waals surface area (Å²) in [7, 11) is 0. The van der Waals surface area contributed by atoms with Gasteiger partial charge in [-0.05, 0) is 30.3 Å². The van der Waals surface area contributed by atoms with Crippen molar-refractivity contribution in [2.24, 2.45) is 5.10 Å². The molecule has 2 N–H and O–H groups in total. The number of rotatable bonds is 3. The molecule has 0 atom stereocenters. The fraction of sp³-hybridized carbons (Fsp3) is 0. The highest BCUT2D eigenvalue weighted by Gasteiger charge is 2.01. The molecule has 0 aliphatic carbocycles. The van der Waals surface area contributed by atoms with E-state index in [-0.39, 0.29) is 5.75 Å². The molecule has 0 spiro atoms. The zero-order valence-corrected chi connectivity index (χ0v) is 11.7. The Hall–Kier alpha value is -2.59. The van der Waals surface area contributed by atoms with Crippen LogP contribution in [0.5, 0.6) is 5.75 Å². The zero-order chi connectivity index (χ0) is 14.7. The molecule has 0 bridgehead atoms. The number of hydrogen-bond donors (Lipinski definition) is 2. The maximum Gasteiger partial charge on any atom is 0.124 e. The van der Waals surface area contributed by atoms with Crippen molar-refractivity contribution in [1.82, 2.24) is 4.98 Å². The van der Waals surface area contributed by atoms with E-state index in [1.165, 1.54) is 12.3 Å². The van der Waals surface area contributed by atoms with Crippen molar-refractivity contribution < 1.29 is 5.11 Å². The predicted octanol–water partition coefficient (Wildman–Crippen LogP) is 4.04. The Bertz CT molecular complexity index is 812. The van der Waals surface area contributed by atoms with Crippen LogP contribution in [0.25, 0.3) is 10.9 Å². The SMILES string of the molecule is Oc1ccc(Cl)cc1/C=N\Nc1cccc2cccnc12. The topological polar surface area (TPSA) is 57.5 Å². The molecular formula is C16H12ClN3O. The minimum absolute atomic E-state index is 0.126. The summed E-state index contributed by atoms with van der Waals surface area (Å²) in [6, 6.07) is 14.5. The molecule has 0 unspecified atom stereocenters. The Kier molecular flexibility index (Phi) is 3.71. The molecule has 0 aliphatic heterocycles. The minimum atomic E-state index is 0.126. The Balaban J connectivity index is 1.86. The number of nitrogens with zero attached hydrogens (tertiary/aromatic N) is 2. The lowest BCUT2D eigenvalue weighted by atomic mass is 10.2. The number of aromatic hydroxyl groups is 1. The normalized spacial score (nSPS) is 11.1. The van der Waals surface area contributed by atoms with Gasteiger partial charge in [0.15, 0.2) is 0 Å². The van der Waals surface area contributed by atoms with E-state index in [1.807, 2.05) is 30.3 Å². The Morgan fingerprint density at radius 3 is 2.90 bits per heavy atom. The summed E-state index contributed by atoms with van der Waals surface area (Å²) in [5.74, 6) is 0.126. The van der Waals surface area contributed by atoms with E-state index < -0.39 is 0 Å². The molecule has 3 aromatic rings. The molecule has 0 saturated carbocycles. The Morgan fingerprint density at radius 1 is 1.14 bits per heavy atom. The van der Waals surface area contributed by atoms with Gasteiger partial charge in [0.25, 0.3) is 0 Å². The third-order valence-electron chi connectivity index (χ3n) is 3.01. The number of anilines is 1. The van der Waals surface area contributed by atoms with Crippen LogP contribution in [0.2, 0.25) is 5.02 Å². The van der Waals surface area contributed by atoms with E-state index in [2.05, 4.69) is 15.5 Å². The third-order valence-corrected chi connectivity index (χ3v) is 3.25. The molecule has 21 heavy (non-hydrogen) atoms. The van der Waals surface area contributed by atoms with Gasteiger partial charge in [0.1, 0.15) is 5.75 Å². The van der Waals surface area contributed by atoms with Gasteiger partial charge in [0.05, 0.1) is 17.4 Å². The second kappa shape index (κ2) is 5.81. The van der Waals surface area contributed by atoms with Crippen LogP contribution in [0.4, 0.5) is 5.69 Å². The number of aromatic nitrogens is 1. The highest BCUT2D eigenvalue weighted by molar-refractivity contribution is 6.30. The number of halogens is 1. The second-order valence-electron chi connectivity index (χ2n) is 4.45. The van der Waals surface area contributed by atoms with Gasteiger partial charge >= 0.3 is 0 Å². The van der Waals surface area contributed by atoms with Crippen molar-refractivity contribution in [3.8, 4) is 5.75 Å². The maximum absolute atomic E-state index is 9.71. The first-order valence-electron chi connectivity index (χ1n) is 6.35. The van der Waals surface area contributed by atoms with E-state index in [4.69, 9.17) is 11.6 Å². The smallest absolute Gasteiger partial charge is 0.124 e. The summed E-state index contributed by atoms with van der Waals surface area (Å²) >= 11 is 5.89. The number of hydrogen-bond acceptors (Lipinski definition) is 4. The largest absolute Gasteiger partial charge is 0.507 e. The number of nitrogens with one attached hydrogen (secondary N) is 1. The summed E-state index contributed by atoms with van der Waals surface area (Å²) in [4.78, 5) is 4.33. The molecule has 5 heteroatoms. The maximum atomic E-state index is 9.71. The number of para-hydroxylation sites is 1. The van der Waals surface area contributed by atoms with Crippen molar-refractivity contribution in [2.45, 2.75) is 0 Å². The molecular weight excluding hydrogens is 286 g/mol. The van der Waals surface area contributed by atoms with Crippen LogP contribution in [0.15, 0.2) is 59.8 Å². The molecule has 1 aromatic heterocycles. The van der Waals surface area contributed by atoms with Crippen LogP contribution in [-0.2, 0) is 0 Å². The van der Waals surface area contributed by atoms with E-state index >= 15 is 0 Å². The number of phenolic OH excluding ortho intramolecular Hbond substituents is 1. The minimum Gasteiger partial charge on any atom is -0.507 e. The van der Waals surface area contributed by atoms with E-state index in [0.29, 0.717) is 10.6 Å². The van der Waals surface area contributed by atoms with Crippen LogP contribution in [0.3, 0.4) is 0 Å². The summed E-state index contributed by atoms with van der Waals surface area (Å²) < 4.78 is 0. The quantitative estimate of drug-likeness (QED) is 0.566. The van der Waals surface area contributed by atoms with Gasteiger partial charge in [0.2, 0.25) is 0 Å². The van der Waals surface area contributed by atoms with E-state index in [9.17, 15) is 5.11 Å². The van der Waals surface area contributed by atoms with Crippen molar-refractivity contribution in [3.05, 3.63) is 65.3 Å². The fourth-order valence-corrected chi connectivity index (χ4v) is 2.18. The van der Waals surface area contributed by atoms with Gasteiger partial charge in [-0.15, -0.1) is 0 Å². The Labute approximate surface area is 126 Å². The number of fused-ring (bicyclic) bond motifs is 1. The number of pyridine rings is 1. The lowest BCUT2D eigenvalue weighted by Gasteiger charge is -2.04. The number of phenols is 1. The average Bonchev–Trinajstić information content (AvgIpc) is 2.51. The van der Waals surface area contributed by atoms with Crippen LogP contribution in [0, 0.1) is 0 Å². The molecule has 1 heterocycles. The van der Waals surface area contributed by atoms with Gasteiger partial charge in [-0.3, -0.25) is 10.4 Å². The van der Waals surface area contributed by atoms with Gasteiger partial charge in [-0.2, -0.15) is 5.10 Å². The highest BCUT2D eigenvalue weighted by Crippen LogP contribution is 2.22. The van der Waals surface area contributed by atoms with E-state index in [1.54, 1.807) is 18.3 Å². The zero-order valence-electron chi connectivity index (χ0n) is 11.0. The van der Waals surface area contributed by atoms with Crippen LogP contribution in [-0.4, -0.2) is 16.3 Å². The first-order valence-corrected chi connectivity index (χ1v) is 6.73. The molecule has 0 amide bonds. The summed E-state index contributed by atoms with van der Waals surface area (Å²) in [5, 5.41) is 15.4. The van der Waals surface area contributed by atoms with Gasteiger partial charge in [-0.25, -0.2) is 0 Å². The van der Waals surface area contributed by atoms with Crippen molar-refractivity contribution in [2.75, 3.05) is 5.43 Å². The lowest BCUT2D eigenvalue weighted by Crippen LogP contribution is -1.93. The summed E-state index contributed by atoms with van der Waals surface area (Å²) in [5.41, 5.74) is 5.12. The molecule has 0 fully saturated rings. The molecule has 3 rings (SSSR count). The molecule has 4 nitrogen and oxygen atoms in total. The summed E-state index contributed by atoms with van der Waals surface area (Å²) in [6.07, 6.45) is 3.25. The lowest BCUT2D eigenvalue weighted by molar-refractivity contribution is 0.474. The molecule has 0 aliphatic rings. The molecule has 0 radical (unpaired) electrons. The predicted molar refractivity (Wildman–Crippen MR) is 86.1 cm³/mol. The first kappa shape index (κ1) is 13.4. The second-order valence-corrected chi connectivity index (χ2v) is 4.89.